The Morgan fingerprint density at radius 2 is 2.00 bits per heavy atom. The maximum atomic E-state index is 13.4. The summed E-state index contributed by atoms with van der Waals surface area (Å²) in [5.74, 6) is -1.33. The molecule has 0 radical (unpaired) electrons. The molecule has 3 rings (SSSR count). The third kappa shape index (κ3) is 4.41. The number of carbonyl (C=O) groups is 1. The fraction of sp³-hybridized carbons (Fsp3) is 0.588. The Morgan fingerprint density at radius 3 is 2.70 bits per heavy atom. The van der Waals surface area contributed by atoms with Gasteiger partial charge in [-0.2, -0.15) is 0 Å². The van der Waals surface area contributed by atoms with Gasteiger partial charge in [-0.15, -0.1) is 0 Å². The predicted octanol–water partition coefficient (Wildman–Crippen LogP) is 2.52. The fourth-order valence-corrected chi connectivity index (χ4v) is 3.48. The number of rotatable bonds is 6. The topological polar surface area (TPSA) is 50.4 Å². The first-order valence-electron chi connectivity index (χ1n) is 8.23. The average molecular weight is 324 g/mol. The van der Waals surface area contributed by atoms with E-state index in [0.29, 0.717) is 24.9 Å². The van der Waals surface area contributed by atoms with Crippen LogP contribution in [0.15, 0.2) is 18.2 Å². The number of nitrogens with one attached hydrogen (secondary N) is 2. The second kappa shape index (κ2) is 7.25. The lowest BCUT2D eigenvalue weighted by Gasteiger charge is -2.29. The summed E-state index contributed by atoms with van der Waals surface area (Å²) in [6.45, 7) is 0.230. The van der Waals surface area contributed by atoms with Gasteiger partial charge in [0.25, 0.3) is 0 Å². The average Bonchev–Trinajstić information content (AvgIpc) is 2.84. The molecule has 23 heavy (non-hydrogen) atoms. The molecule has 2 aliphatic heterocycles. The summed E-state index contributed by atoms with van der Waals surface area (Å²) in [4.78, 5) is 12.0. The van der Waals surface area contributed by atoms with Crippen LogP contribution in [0.5, 0.6) is 5.75 Å². The minimum absolute atomic E-state index is 0.0134. The zero-order valence-corrected chi connectivity index (χ0v) is 13.0. The van der Waals surface area contributed by atoms with Crippen LogP contribution in [0.2, 0.25) is 0 Å². The molecular weight excluding hydrogens is 302 g/mol. The summed E-state index contributed by atoms with van der Waals surface area (Å²) >= 11 is 0. The van der Waals surface area contributed by atoms with Gasteiger partial charge in [0.05, 0.1) is 6.61 Å². The van der Waals surface area contributed by atoms with Crippen LogP contribution in [0.4, 0.5) is 8.78 Å². The summed E-state index contributed by atoms with van der Waals surface area (Å²) in [6.07, 6.45) is 5.25. The maximum Gasteiger partial charge on any atom is 0.220 e. The van der Waals surface area contributed by atoms with Crippen molar-refractivity contribution in [1.82, 2.24) is 10.6 Å². The summed E-state index contributed by atoms with van der Waals surface area (Å²) in [7, 11) is 0. The van der Waals surface area contributed by atoms with Gasteiger partial charge < -0.3 is 15.4 Å². The fourth-order valence-electron chi connectivity index (χ4n) is 3.48. The van der Waals surface area contributed by atoms with E-state index >= 15 is 0 Å². The zero-order valence-electron chi connectivity index (χ0n) is 13.0. The lowest BCUT2D eigenvalue weighted by Crippen LogP contribution is -2.48. The summed E-state index contributed by atoms with van der Waals surface area (Å²) < 4.78 is 31.4. The van der Waals surface area contributed by atoms with E-state index in [4.69, 9.17) is 4.74 Å². The SMILES string of the molecule is O=C(CCCOc1ccc(F)cc1F)NC1CC2CCC(C1)N2. The molecule has 0 aromatic heterocycles. The van der Waals surface area contributed by atoms with Crippen LogP contribution in [0, 0.1) is 11.6 Å². The molecule has 2 saturated heterocycles. The quantitative estimate of drug-likeness (QED) is 0.791. The van der Waals surface area contributed by atoms with Crippen molar-refractivity contribution in [2.75, 3.05) is 6.61 Å². The Labute approximate surface area is 134 Å². The van der Waals surface area contributed by atoms with Crippen LogP contribution in [0.1, 0.15) is 38.5 Å². The van der Waals surface area contributed by atoms with Crippen LogP contribution in [0.25, 0.3) is 0 Å². The smallest absolute Gasteiger partial charge is 0.220 e. The maximum absolute atomic E-state index is 13.4. The molecule has 1 aromatic carbocycles. The van der Waals surface area contributed by atoms with Gasteiger partial charge in [-0.05, 0) is 44.2 Å². The number of hydrogen-bond donors (Lipinski definition) is 2. The molecule has 2 N–H and O–H groups in total. The van der Waals surface area contributed by atoms with Gasteiger partial charge in [-0.1, -0.05) is 0 Å². The van der Waals surface area contributed by atoms with Crippen LogP contribution >= 0.6 is 0 Å². The minimum atomic E-state index is -0.723. The van der Waals surface area contributed by atoms with Crippen molar-refractivity contribution in [3.63, 3.8) is 0 Å². The van der Waals surface area contributed by atoms with Crippen LogP contribution < -0.4 is 15.4 Å². The molecule has 2 heterocycles. The molecule has 6 heteroatoms. The van der Waals surface area contributed by atoms with E-state index in [9.17, 15) is 13.6 Å². The molecule has 2 fully saturated rings. The van der Waals surface area contributed by atoms with Crippen molar-refractivity contribution in [2.45, 2.75) is 56.7 Å². The third-order valence-electron chi connectivity index (χ3n) is 4.54. The molecule has 2 aliphatic rings. The summed E-state index contributed by atoms with van der Waals surface area (Å²) in [6, 6.07) is 4.55. The standard InChI is InChI=1S/C17H22F2N2O2/c18-11-3-6-16(15(19)8-11)23-7-1-2-17(22)21-14-9-12-4-5-13(10-14)20-12/h3,6,8,12-14,20H,1-2,4-5,7,9-10H2,(H,21,22). The molecule has 126 valence electrons. The molecule has 1 amide bonds. The van der Waals surface area contributed by atoms with Crippen molar-refractivity contribution in [3.8, 4) is 5.75 Å². The Bertz CT molecular complexity index is 556. The molecule has 2 unspecified atom stereocenters. The molecule has 4 nitrogen and oxygen atoms in total. The van der Waals surface area contributed by atoms with Crippen LogP contribution in [-0.4, -0.2) is 30.6 Å². The van der Waals surface area contributed by atoms with Gasteiger partial charge in [0.1, 0.15) is 5.82 Å². The van der Waals surface area contributed by atoms with E-state index in [2.05, 4.69) is 10.6 Å². The van der Waals surface area contributed by atoms with E-state index in [1.807, 2.05) is 0 Å². The van der Waals surface area contributed by atoms with E-state index in [0.717, 1.165) is 25.0 Å². The highest BCUT2D eigenvalue weighted by molar-refractivity contribution is 5.76. The van der Waals surface area contributed by atoms with E-state index in [1.54, 1.807) is 0 Å². The van der Waals surface area contributed by atoms with Crippen molar-refractivity contribution >= 4 is 5.91 Å². The Hall–Kier alpha value is -1.69. The van der Waals surface area contributed by atoms with Crippen LogP contribution in [-0.2, 0) is 4.79 Å². The van der Waals surface area contributed by atoms with Crippen molar-refractivity contribution in [1.29, 1.82) is 0 Å². The number of piperidine rings is 1. The zero-order chi connectivity index (χ0) is 16.2. The molecule has 0 saturated carbocycles. The summed E-state index contributed by atoms with van der Waals surface area (Å²) in [5, 5.41) is 6.62. The predicted molar refractivity (Wildman–Crippen MR) is 82.2 cm³/mol. The van der Waals surface area contributed by atoms with Gasteiger partial charge in [-0.3, -0.25) is 4.79 Å². The minimum Gasteiger partial charge on any atom is -0.491 e. The number of benzene rings is 1. The van der Waals surface area contributed by atoms with E-state index < -0.39 is 11.6 Å². The molecular formula is C17H22F2N2O2. The van der Waals surface area contributed by atoms with Crippen molar-refractivity contribution in [2.24, 2.45) is 0 Å². The van der Waals surface area contributed by atoms with E-state index in [-0.39, 0.29) is 24.3 Å². The molecule has 2 bridgehead atoms. The Morgan fingerprint density at radius 1 is 1.26 bits per heavy atom. The second-order valence-corrected chi connectivity index (χ2v) is 6.40. The first kappa shape index (κ1) is 16.2. The van der Waals surface area contributed by atoms with Gasteiger partial charge in [0.15, 0.2) is 11.6 Å². The lowest BCUT2D eigenvalue weighted by atomic mass is 9.99. The van der Waals surface area contributed by atoms with Crippen molar-refractivity contribution in [3.05, 3.63) is 29.8 Å². The van der Waals surface area contributed by atoms with Gasteiger partial charge in [0, 0.05) is 30.6 Å². The number of fused-ring (bicyclic) bond motifs is 2. The number of carbonyl (C=O) groups excluding carboxylic acids is 1. The monoisotopic (exact) mass is 324 g/mol. The van der Waals surface area contributed by atoms with Crippen LogP contribution in [0.3, 0.4) is 0 Å². The number of ether oxygens (including phenoxy) is 1. The summed E-state index contributed by atoms with van der Waals surface area (Å²) in [5.41, 5.74) is 0. The molecule has 1 aromatic rings. The second-order valence-electron chi connectivity index (χ2n) is 6.40. The lowest BCUT2D eigenvalue weighted by molar-refractivity contribution is -0.122. The third-order valence-corrected chi connectivity index (χ3v) is 4.54. The first-order chi connectivity index (χ1) is 11.1. The highest BCUT2D eigenvalue weighted by Gasteiger charge is 2.33. The van der Waals surface area contributed by atoms with Crippen molar-refractivity contribution < 1.29 is 18.3 Å². The molecule has 0 aliphatic carbocycles. The first-order valence-corrected chi connectivity index (χ1v) is 8.23. The highest BCUT2D eigenvalue weighted by Crippen LogP contribution is 2.26. The van der Waals surface area contributed by atoms with Gasteiger partial charge in [0.2, 0.25) is 5.91 Å². The molecule has 0 spiro atoms. The Balaban J connectivity index is 1.35. The van der Waals surface area contributed by atoms with E-state index in [1.165, 1.54) is 18.9 Å². The Kier molecular flexibility index (Phi) is 5.10. The normalized spacial score (nSPS) is 26.1. The number of amides is 1. The van der Waals surface area contributed by atoms with Gasteiger partial charge >= 0.3 is 0 Å². The molecule has 2 atom stereocenters. The highest BCUT2D eigenvalue weighted by atomic mass is 19.1. The van der Waals surface area contributed by atoms with Gasteiger partial charge in [-0.25, -0.2) is 8.78 Å². The number of halogens is 2. The number of hydrogen-bond acceptors (Lipinski definition) is 3. The largest absolute Gasteiger partial charge is 0.491 e.